The summed E-state index contributed by atoms with van der Waals surface area (Å²) in [5, 5.41) is 10.1. The van der Waals surface area contributed by atoms with Gasteiger partial charge in [0.1, 0.15) is 0 Å². The maximum Gasteiger partial charge on any atom is 0.244 e. The van der Waals surface area contributed by atoms with E-state index in [1.54, 1.807) is 24.4 Å². The predicted molar refractivity (Wildman–Crippen MR) is 80.8 cm³/mol. The van der Waals surface area contributed by atoms with Gasteiger partial charge in [-0.3, -0.25) is 4.98 Å². The maximum atomic E-state index is 12.9. The van der Waals surface area contributed by atoms with Crippen molar-refractivity contribution in [3.8, 4) is 0 Å². The quantitative estimate of drug-likeness (QED) is 0.912. The van der Waals surface area contributed by atoms with Gasteiger partial charge in [-0.05, 0) is 37.1 Å². The summed E-state index contributed by atoms with van der Waals surface area (Å²) in [6.07, 6.45) is 3.25. The second-order valence-electron chi connectivity index (χ2n) is 5.02. The molecule has 1 aliphatic carbocycles. The fourth-order valence-electron chi connectivity index (χ4n) is 2.42. The van der Waals surface area contributed by atoms with Crippen LogP contribution in [0.3, 0.4) is 0 Å². The fraction of sp³-hybridized carbons (Fsp3) is 0.357. The molecule has 0 bridgehead atoms. The van der Waals surface area contributed by atoms with E-state index in [-0.39, 0.29) is 24.1 Å². The molecule has 0 spiro atoms. The van der Waals surface area contributed by atoms with Crippen molar-refractivity contribution in [2.45, 2.75) is 23.8 Å². The van der Waals surface area contributed by atoms with Gasteiger partial charge in [0.05, 0.1) is 22.0 Å². The lowest BCUT2D eigenvalue weighted by atomic mass is 10.2. The molecule has 0 saturated heterocycles. The number of aromatic nitrogens is 1. The Labute approximate surface area is 128 Å². The number of nitrogens with zero attached hydrogens (tertiary/aromatic N) is 2. The molecule has 1 aromatic carbocycles. The molecular weight excluding hydrogens is 312 g/mol. The summed E-state index contributed by atoms with van der Waals surface area (Å²) in [4.78, 5) is 4.35. The highest BCUT2D eigenvalue weighted by atomic mass is 35.5. The molecule has 1 aromatic heterocycles. The number of aliphatic hydroxyl groups excluding tert-OH is 1. The zero-order valence-corrected chi connectivity index (χ0v) is 12.8. The van der Waals surface area contributed by atoms with E-state index in [1.807, 2.05) is 0 Å². The first-order chi connectivity index (χ1) is 10.1. The highest BCUT2D eigenvalue weighted by molar-refractivity contribution is 7.89. The summed E-state index contributed by atoms with van der Waals surface area (Å²) in [6.45, 7) is -0.0864. The third kappa shape index (κ3) is 2.64. The van der Waals surface area contributed by atoms with Crippen LogP contribution in [0.5, 0.6) is 0 Å². The number of halogens is 1. The van der Waals surface area contributed by atoms with E-state index < -0.39 is 10.0 Å². The molecule has 2 aromatic rings. The van der Waals surface area contributed by atoms with E-state index in [2.05, 4.69) is 4.98 Å². The topological polar surface area (TPSA) is 70.5 Å². The van der Waals surface area contributed by atoms with E-state index in [0.717, 1.165) is 12.8 Å². The highest BCUT2D eigenvalue weighted by Gasteiger charge is 2.38. The zero-order valence-electron chi connectivity index (χ0n) is 11.2. The Morgan fingerprint density at radius 3 is 2.76 bits per heavy atom. The van der Waals surface area contributed by atoms with E-state index in [0.29, 0.717) is 15.9 Å². The lowest BCUT2D eigenvalue weighted by Gasteiger charge is -2.21. The van der Waals surface area contributed by atoms with Crippen LogP contribution in [0, 0.1) is 0 Å². The molecule has 0 radical (unpaired) electrons. The van der Waals surface area contributed by atoms with Gasteiger partial charge in [-0.1, -0.05) is 11.6 Å². The van der Waals surface area contributed by atoms with Gasteiger partial charge < -0.3 is 5.11 Å². The average Bonchev–Trinajstić information content (AvgIpc) is 3.29. The van der Waals surface area contributed by atoms with Gasteiger partial charge in [0, 0.05) is 24.2 Å². The minimum Gasteiger partial charge on any atom is -0.395 e. The van der Waals surface area contributed by atoms with Crippen molar-refractivity contribution in [3.05, 3.63) is 35.5 Å². The van der Waals surface area contributed by atoms with Crippen LogP contribution in [0.4, 0.5) is 0 Å². The van der Waals surface area contributed by atoms with Crippen molar-refractivity contribution < 1.29 is 13.5 Å². The largest absolute Gasteiger partial charge is 0.395 e. The van der Waals surface area contributed by atoms with E-state index in [1.165, 1.54) is 10.4 Å². The van der Waals surface area contributed by atoms with Crippen LogP contribution in [0.25, 0.3) is 10.9 Å². The number of hydrogen-bond acceptors (Lipinski definition) is 4. The van der Waals surface area contributed by atoms with Crippen molar-refractivity contribution in [1.29, 1.82) is 0 Å². The third-order valence-electron chi connectivity index (χ3n) is 3.54. The van der Waals surface area contributed by atoms with Crippen LogP contribution in [-0.2, 0) is 10.0 Å². The predicted octanol–water partition coefficient (Wildman–Crippen LogP) is 2.03. The SMILES string of the molecule is O=S(=O)(c1ccc(Cl)c2ncccc12)N(CCO)C1CC1. The summed E-state index contributed by atoms with van der Waals surface area (Å²) >= 11 is 6.08. The smallest absolute Gasteiger partial charge is 0.244 e. The van der Waals surface area contributed by atoms with Gasteiger partial charge in [0.2, 0.25) is 10.0 Å². The third-order valence-corrected chi connectivity index (χ3v) is 5.86. The van der Waals surface area contributed by atoms with Crippen molar-refractivity contribution in [2.24, 2.45) is 0 Å². The van der Waals surface area contributed by atoms with Crippen molar-refractivity contribution in [1.82, 2.24) is 9.29 Å². The molecule has 7 heteroatoms. The van der Waals surface area contributed by atoms with Crippen molar-refractivity contribution >= 4 is 32.5 Å². The van der Waals surface area contributed by atoms with Gasteiger partial charge in [0.25, 0.3) is 0 Å². The number of pyridine rings is 1. The van der Waals surface area contributed by atoms with E-state index in [9.17, 15) is 8.42 Å². The van der Waals surface area contributed by atoms with Crippen LogP contribution in [0.15, 0.2) is 35.4 Å². The molecule has 0 unspecified atom stereocenters. The summed E-state index contributed by atoms with van der Waals surface area (Å²) in [5.74, 6) is 0. The molecule has 1 fully saturated rings. The molecule has 1 heterocycles. The minimum atomic E-state index is -3.67. The van der Waals surface area contributed by atoms with Crippen molar-refractivity contribution in [2.75, 3.05) is 13.2 Å². The monoisotopic (exact) mass is 326 g/mol. The van der Waals surface area contributed by atoms with Gasteiger partial charge in [-0.15, -0.1) is 0 Å². The van der Waals surface area contributed by atoms with Crippen LogP contribution < -0.4 is 0 Å². The normalized spacial score (nSPS) is 15.8. The lowest BCUT2D eigenvalue weighted by molar-refractivity contribution is 0.250. The molecular formula is C14H15ClN2O3S. The standard InChI is InChI=1S/C14H15ClN2O3S/c15-12-5-6-13(11-2-1-7-16-14(11)12)21(19,20)17(8-9-18)10-3-4-10/h1-2,5-7,10,18H,3-4,8-9H2. The maximum absolute atomic E-state index is 12.9. The summed E-state index contributed by atoms with van der Waals surface area (Å²) in [5.41, 5.74) is 0.472. The van der Waals surface area contributed by atoms with Gasteiger partial charge in [-0.25, -0.2) is 8.42 Å². The molecule has 5 nitrogen and oxygen atoms in total. The highest BCUT2D eigenvalue weighted by Crippen LogP contribution is 2.35. The lowest BCUT2D eigenvalue weighted by Crippen LogP contribution is -2.35. The van der Waals surface area contributed by atoms with Gasteiger partial charge >= 0.3 is 0 Å². The zero-order chi connectivity index (χ0) is 15.0. The van der Waals surface area contributed by atoms with E-state index in [4.69, 9.17) is 16.7 Å². The number of benzene rings is 1. The summed E-state index contributed by atoms with van der Waals surface area (Å²) in [6, 6.07) is 6.43. The molecule has 1 N–H and O–H groups in total. The Bertz CT molecular complexity index is 775. The second-order valence-corrected chi connectivity index (χ2v) is 7.28. The first-order valence-corrected chi connectivity index (χ1v) is 8.53. The van der Waals surface area contributed by atoms with E-state index >= 15 is 0 Å². The Balaban J connectivity index is 2.17. The van der Waals surface area contributed by atoms with Crippen LogP contribution >= 0.6 is 11.6 Å². The first kappa shape index (κ1) is 14.7. The molecule has 1 saturated carbocycles. The second kappa shape index (κ2) is 5.53. The van der Waals surface area contributed by atoms with Crippen molar-refractivity contribution in [3.63, 3.8) is 0 Å². The molecule has 1 aliphatic rings. The first-order valence-electron chi connectivity index (χ1n) is 6.71. The Morgan fingerprint density at radius 1 is 1.33 bits per heavy atom. The summed E-state index contributed by atoms with van der Waals surface area (Å²) < 4.78 is 27.1. The summed E-state index contributed by atoms with van der Waals surface area (Å²) in [7, 11) is -3.67. The number of rotatable bonds is 5. The van der Waals surface area contributed by atoms with Crippen LogP contribution in [0.1, 0.15) is 12.8 Å². The Morgan fingerprint density at radius 2 is 2.10 bits per heavy atom. The number of hydrogen-bond donors (Lipinski definition) is 1. The molecule has 0 atom stereocenters. The minimum absolute atomic E-state index is 0.00968. The molecule has 3 rings (SSSR count). The Hall–Kier alpha value is -1.21. The number of fused-ring (bicyclic) bond motifs is 1. The Kier molecular flexibility index (Phi) is 3.88. The van der Waals surface area contributed by atoms with Crippen LogP contribution in [0.2, 0.25) is 5.02 Å². The average molecular weight is 327 g/mol. The number of aliphatic hydroxyl groups is 1. The molecule has 21 heavy (non-hydrogen) atoms. The molecule has 112 valence electrons. The molecule has 0 amide bonds. The molecule has 0 aliphatic heterocycles. The fourth-order valence-corrected chi connectivity index (χ4v) is 4.50. The number of sulfonamides is 1. The van der Waals surface area contributed by atoms with Gasteiger partial charge in [0.15, 0.2) is 0 Å². The van der Waals surface area contributed by atoms with Gasteiger partial charge in [-0.2, -0.15) is 4.31 Å². The van der Waals surface area contributed by atoms with Crippen LogP contribution in [-0.4, -0.2) is 42.0 Å².